The molecule has 0 spiro atoms. The SMILES string of the molecule is CC(C)c1nc(C2COc3ccccc3C2)sc1CN. The number of thiazole rings is 1. The molecule has 3 rings (SSSR count). The quantitative estimate of drug-likeness (QED) is 0.941. The van der Waals surface area contributed by atoms with Crippen LogP contribution in [0.25, 0.3) is 0 Å². The molecule has 0 aliphatic carbocycles. The molecule has 1 aromatic carbocycles. The summed E-state index contributed by atoms with van der Waals surface area (Å²) < 4.78 is 5.87. The van der Waals surface area contributed by atoms with Gasteiger partial charge in [-0.05, 0) is 24.0 Å². The molecular formula is C16H20N2OS. The Hall–Kier alpha value is -1.39. The number of aromatic nitrogens is 1. The highest BCUT2D eigenvalue weighted by Gasteiger charge is 2.25. The van der Waals surface area contributed by atoms with E-state index in [0.717, 1.165) is 17.9 Å². The van der Waals surface area contributed by atoms with Crippen LogP contribution < -0.4 is 10.5 Å². The number of hydrogen-bond acceptors (Lipinski definition) is 4. The molecule has 4 heteroatoms. The summed E-state index contributed by atoms with van der Waals surface area (Å²) in [6.07, 6.45) is 1.01. The van der Waals surface area contributed by atoms with Gasteiger partial charge in [0.2, 0.25) is 0 Å². The summed E-state index contributed by atoms with van der Waals surface area (Å²) in [6, 6.07) is 8.27. The van der Waals surface area contributed by atoms with E-state index in [4.69, 9.17) is 15.5 Å². The molecule has 0 radical (unpaired) electrons. The number of nitrogens with two attached hydrogens (primary N) is 1. The molecule has 2 N–H and O–H groups in total. The average Bonchev–Trinajstić information content (AvgIpc) is 2.91. The second-order valence-corrected chi connectivity index (χ2v) is 6.65. The van der Waals surface area contributed by atoms with Crippen molar-refractivity contribution in [3.8, 4) is 5.75 Å². The van der Waals surface area contributed by atoms with Crippen LogP contribution in [0.3, 0.4) is 0 Å². The summed E-state index contributed by atoms with van der Waals surface area (Å²) in [5.74, 6) is 1.80. The second kappa shape index (κ2) is 5.54. The Kier molecular flexibility index (Phi) is 3.76. The number of rotatable bonds is 3. The maximum absolute atomic E-state index is 5.87. The number of hydrogen-bond donors (Lipinski definition) is 1. The molecule has 3 nitrogen and oxygen atoms in total. The highest BCUT2D eigenvalue weighted by Crippen LogP contribution is 2.36. The average molecular weight is 288 g/mol. The van der Waals surface area contributed by atoms with E-state index < -0.39 is 0 Å². The van der Waals surface area contributed by atoms with Crippen molar-refractivity contribution in [1.29, 1.82) is 0 Å². The van der Waals surface area contributed by atoms with Crippen LogP contribution in [0.5, 0.6) is 5.75 Å². The van der Waals surface area contributed by atoms with Gasteiger partial charge in [-0.15, -0.1) is 11.3 Å². The predicted octanol–water partition coefficient (Wildman–Crippen LogP) is 3.44. The summed E-state index contributed by atoms with van der Waals surface area (Å²) in [5.41, 5.74) is 8.28. The lowest BCUT2D eigenvalue weighted by atomic mass is 9.97. The van der Waals surface area contributed by atoms with E-state index in [2.05, 4.69) is 26.0 Å². The molecule has 1 atom stereocenters. The van der Waals surface area contributed by atoms with Crippen molar-refractivity contribution in [2.75, 3.05) is 6.61 Å². The maximum atomic E-state index is 5.87. The van der Waals surface area contributed by atoms with Crippen LogP contribution in [-0.4, -0.2) is 11.6 Å². The van der Waals surface area contributed by atoms with Gasteiger partial charge < -0.3 is 10.5 Å². The van der Waals surface area contributed by atoms with Gasteiger partial charge in [-0.1, -0.05) is 32.0 Å². The number of fused-ring (bicyclic) bond motifs is 1. The van der Waals surface area contributed by atoms with Gasteiger partial charge in [0.05, 0.1) is 17.3 Å². The van der Waals surface area contributed by atoms with E-state index >= 15 is 0 Å². The third-order valence-electron chi connectivity index (χ3n) is 3.70. The molecular weight excluding hydrogens is 268 g/mol. The van der Waals surface area contributed by atoms with Gasteiger partial charge in [0.15, 0.2) is 0 Å². The number of benzene rings is 1. The molecule has 20 heavy (non-hydrogen) atoms. The largest absolute Gasteiger partial charge is 0.493 e. The normalized spacial score (nSPS) is 17.9. The fraction of sp³-hybridized carbons (Fsp3) is 0.438. The zero-order chi connectivity index (χ0) is 14.1. The molecule has 1 aliphatic heterocycles. The Labute approximate surface area is 123 Å². The van der Waals surface area contributed by atoms with Crippen LogP contribution in [-0.2, 0) is 13.0 Å². The van der Waals surface area contributed by atoms with E-state index in [1.807, 2.05) is 12.1 Å². The molecule has 0 amide bonds. The Bertz CT molecular complexity index is 606. The van der Waals surface area contributed by atoms with Gasteiger partial charge in [0, 0.05) is 17.3 Å². The van der Waals surface area contributed by atoms with Crippen LogP contribution in [0.2, 0.25) is 0 Å². The fourth-order valence-electron chi connectivity index (χ4n) is 2.64. The van der Waals surface area contributed by atoms with E-state index in [1.54, 1.807) is 11.3 Å². The highest BCUT2D eigenvalue weighted by atomic mass is 32.1. The van der Waals surface area contributed by atoms with Gasteiger partial charge in [-0.3, -0.25) is 0 Å². The van der Waals surface area contributed by atoms with Crippen LogP contribution in [0.4, 0.5) is 0 Å². The summed E-state index contributed by atoms with van der Waals surface area (Å²) >= 11 is 1.75. The molecule has 0 saturated heterocycles. The topological polar surface area (TPSA) is 48.1 Å². The van der Waals surface area contributed by atoms with Gasteiger partial charge in [0.25, 0.3) is 0 Å². The van der Waals surface area contributed by atoms with Crippen LogP contribution in [0, 0.1) is 0 Å². The summed E-state index contributed by atoms with van der Waals surface area (Å²) in [6.45, 7) is 5.64. The standard InChI is InChI=1S/C16H20N2OS/c1-10(2)15-14(8-17)20-16(18-15)12-7-11-5-3-4-6-13(11)19-9-12/h3-6,10,12H,7-9,17H2,1-2H3. The molecule has 0 saturated carbocycles. The van der Waals surface area contributed by atoms with Crippen LogP contribution >= 0.6 is 11.3 Å². The molecule has 1 unspecified atom stereocenters. The monoisotopic (exact) mass is 288 g/mol. The van der Waals surface area contributed by atoms with Crippen LogP contribution in [0.1, 0.15) is 46.8 Å². The van der Waals surface area contributed by atoms with Crippen molar-refractivity contribution in [2.24, 2.45) is 5.73 Å². The maximum Gasteiger partial charge on any atom is 0.122 e. The predicted molar refractivity (Wildman–Crippen MR) is 82.5 cm³/mol. The Balaban J connectivity index is 1.88. The molecule has 2 aromatic rings. The minimum atomic E-state index is 0.354. The molecule has 106 valence electrons. The summed E-state index contributed by atoms with van der Waals surface area (Å²) in [4.78, 5) is 6.05. The van der Waals surface area contributed by atoms with Gasteiger partial charge >= 0.3 is 0 Å². The lowest BCUT2D eigenvalue weighted by Crippen LogP contribution is -2.19. The smallest absolute Gasteiger partial charge is 0.122 e. The third kappa shape index (κ3) is 2.45. The van der Waals surface area contributed by atoms with Gasteiger partial charge in [0.1, 0.15) is 5.75 Å². The second-order valence-electron chi connectivity index (χ2n) is 5.54. The van der Waals surface area contributed by atoms with E-state index in [1.165, 1.54) is 15.4 Å². The van der Waals surface area contributed by atoms with Crippen molar-refractivity contribution in [2.45, 2.75) is 38.6 Å². The first-order valence-corrected chi connectivity index (χ1v) is 7.91. The Morgan fingerprint density at radius 1 is 1.40 bits per heavy atom. The molecule has 2 heterocycles. The molecule has 0 fully saturated rings. The number of nitrogens with zero attached hydrogens (tertiary/aromatic N) is 1. The van der Waals surface area contributed by atoms with Gasteiger partial charge in [-0.2, -0.15) is 0 Å². The Morgan fingerprint density at radius 3 is 2.90 bits per heavy atom. The first-order chi connectivity index (χ1) is 9.69. The first kappa shape index (κ1) is 13.6. The lowest BCUT2D eigenvalue weighted by molar-refractivity contribution is 0.262. The van der Waals surface area contributed by atoms with Crippen molar-refractivity contribution in [3.05, 3.63) is 45.4 Å². The van der Waals surface area contributed by atoms with E-state index in [0.29, 0.717) is 25.0 Å². The van der Waals surface area contributed by atoms with Crippen molar-refractivity contribution >= 4 is 11.3 Å². The highest BCUT2D eigenvalue weighted by molar-refractivity contribution is 7.11. The van der Waals surface area contributed by atoms with E-state index in [9.17, 15) is 0 Å². The van der Waals surface area contributed by atoms with Crippen molar-refractivity contribution in [1.82, 2.24) is 4.98 Å². The molecule has 1 aliphatic rings. The van der Waals surface area contributed by atoms with Crippen molar-refractivity contribution in [3.63, 3.8) is 0 Å². The third-order valence-corrected chi connectivity index (χ3v) is 4.96. The van der Waals surface area contributed by atoms with E-state index in [-0.39, 0.29) is 0 Å². The minimum Gasteiger partial charge on any atom is -0.493 e. The zero-order valence-corrected chi connectivity index (χ0v) is 12.7. The van der Waals surface area contributed by atoms with Crippen molar-refractivity contribution < 1.29 is 4.74 Å². The molecule has 0 bridgehead atoms. The number of para-hydroxylation sites is 1. The summed E-state index contributed by atoms with van der Waals surface area (Å²) in [7, 11) is 0. The Morgan fingerprint density at radius 2 is 2.20 bits per heavy atom. The fourth-order valence-corrected chi connectivity index (χ4v) is 3.82. The first-order valence-electron chi connectivity index (χ1n) is 7.09. The lowest BCUT2D eigenvalue weighted by Gasteiger charge is -2.23. The minimum absolute atomic E-state index is 0.354. The van der Waals surface area contributed by atoms with Crippen LogP contribution in [0.15, 0.2) is 24.3 Å². The molecule has 1 aromatic heterocycles. The van der Waals surface area contributed by atoms with Gasteiger partial charge in [-0.25, -0.2) is 4.98 Å². The zero-order valence-electron chi connectivity index (χ0n) is 11.9. The summed E-state index contributed by atoms with van der Waals surface area (Å²) in [5, 5.41) is 1.17. The number of ether oxygens (including phenoxy) is 1.